The molecule has 0 bridgehead atoms. The fourth-order valence-electron chi connectivity index (χ4n) is 1.63. The largest absolute Gasteiger partial charge is 0.496 e. The quantitative estimate of drug-likeness (QED) is 0.718. The molecule has 1 atom stereocenters. The van der Waals surface area contributed by atoms with Crippen molar-refractivity contribution in [2.24, 2.45) is 0 Å². The SMILES string of the molecule is CNC(O)c1cc(C)c(OC)c(C)c1. The number of aryl methyl sites for hydroxylation is 2. The van der Waals surface area contributed by atoms with Crippen molar-refractivity contribution in [2.75, 3.05) is 14.2 Å². The van der Waals surface area contributed by atoms with Crippen LogP contribution in [-0.2, 0) is 0 Å². The van der Waals surface area contributed by atoms with Crippen LogP contribution in [0.5, 0.6) is 5.75 Å². The molecule has 0 fully saturated rings. The lowest BCUT2D eigenvalue weighted by Crippen LogP contribution is -2.15. The van der Waals surface area contributed by atoms with Crippen molar-refractivity contribution in [3.63, 3.8) is 0 Å². The predicted molar refractivity (Wildman–Crippen MR) is 56.5 cm³/mol. The van der Waals surface area contributed by atoms with Gasteiger partial charge < -0.3 is 9.84 Å². The zero-order valence-electron chi connectivity index (χ0n) is 9.09. The number of hydrogen-bond donors (Lipinski definition) is 2. The van der Waals surface area contributed by atoms with E-state index in [1.165, 1.54) is 0 Å². The molecule has 0 aliphatic carbocycles. The maximum absolute atomic E-state index is 9.59. The van der Waals surface area contributed by atoms with Gasteiger partial charge in [-0.05, 0) is 49.7 Å². The molecular formula is C11H17NO2. The first-order valence-corrected chi connectivity index (χ1v) is 4.60. The summed E-state index contributed by atoms with van der Waals surface area (Å²) in [5.74, 6) is 0.886. The van der Waals surface area contributed by atoms with Crippen LogP contribution in [0.3, 0.4) is 0 Å². The molecule has 0 spiro atoms. The molecule has 1 unspecified atom stereocenters. The van der Waals surface area contributed by atoms with Gasteiger partial charge in [-0.15, -0.1) is 0 Å². The van der Waals surface area contributed by atoms with Gasteiger partial charge in [0, 0.05) is 0 Å². The van der Waals surface area contributed by atoms with E-state index >= 15 is 0 Å². The molecule has 2 N–H and O–H groups in total. The summed E-state index contributed by atoms with van der Waals surface area (Å²) < 4.78 is 5.24. The predicted octanol–water partition coefficient (Wildman–Crippen LogP) is 1.52. The van der Waals surface area contributed by atoms with E-state index in [1.54, 1.807) is 14.2 Å². The van der Waals surface area contributed by atoms with Gasteiger partial charge >= 0.3 is 0 Å². The van der Waals surface area contributed by atoms with Crippen LogP contribution in [0.25, 0.3) is 0 Å². The third-order valence-electron chi connectivity index (χ3n) is 2.28. The normalized spacial score (nSPS) is 12.6. The van der Waals surface area contributed by atoms with Crippen LogP contribution in [0.1, 0.15) is 22.9 Å². The summed E-state index contributed by atoms with van der Waals surface area (Å²) in [6, 6.07) is 3.85. The summed E-state index contributed by atoms with van der Waals surface area (Å²) in [5, 5.41) is 12.4. The Balaban J connectivity index is 3.13. The highest BCUT2D eigenvalue weighted by atomic mass is 16.5. The van der Waals surface area contributed by atoms with Crippen molar-refractivity contribution in [1.82, 2.24) is 5.32 Å². The van der Waals surface area contributed by atoms with Crippen molar-refractivity contribution in [2.45, 2.75) is 20.1 Å². The molecule has 0 aromatic heterocycles. The third-order valence-corrected chi connectivity index (χ3v) is 2.28. The third kappa shape index (κ3) is 2.05. The van der Waals surface area contributed by atoms with Crippen LogP contribution in [0, 0.1) is 13.8 Å². The van der Waals surface area contributed by atoms with Gasteiger partial charge in [-0.25, -0.2) is 0 Å². The molecule has 0 saturated heterocycles. The van der Waals surface area contributed by atoms with Gasteiger partial charge in [-0.1, -0.05) is 0 Å². The number of ether oxygens (including phenoxy) is 1. The molecule has 0 aliphatic rings. The average Bonchev–Trinajstić information content (AvgIpc) is 2.16. The van der Waals surface area contributed by atoms with E-state index in [1.807, 2.05) is 26.0 Å². The van der Waals surface area contributed by atoms with Crippen LogP contribution in [0.2, 0.25) is 0 Å². The monoisotopic (exact) mass is 195 g/mol. The summed E-state index contributed by atoms with van der Waals surface area (Å²) in [6.45, 7) is 3.94. The van der Waals surface area contributed by atoms with Gasteiger partial charge in [-0.2, -0.15) is 0 Å². The minimum atomic E-state index is -0.613. The van der Waals surface area contributed by atoms with E-state index < -0.39 is 6.23 Å². The van der Waals surface area contributed by atoms with Crippen molar-refractivity contribution < 1.29 is 9.84 Å². The second-order valence-corrected chi connectivity index (χ2v) is 3.38. The van der Waals surface area contributed by atoms with E-state index in [2.05, 4.69) is 5.32 Å². The van der Waals surface area contributed by atoms with Crippen molar-refractivity contribution >= 4 is 0 Å². The Labute approximate surface area is 84.7 Å². The number of hydrogen-bond acceptors (Lipinski definition) is 3. The molecule has 0 heterocycles. The van der Waals surface area contributed by atoms with E-state index in [-0.39, 0.29) is 0 Å². The van der Waals surface area contributed by atoms with Crippen molar-refractivity contribution in [3.05, 3.63) is 28.8 Å². The highest BCUT2D eigenvalue weighted by molar-refractivity contribution is 5.43. The maximum Gasteiger partial charge on any atom is 0.130 e. The lowest BCUT2D eigenvalue weighted by Gasteiger charge is -2.14. The van der Waals surface area contributed by atoms with E-state index in [4.69, 9.17) is 4.74 Å². The molecule has 14 heavy (non-hydrogen) atoms. The van der Waals surface area contributed by atoms with Gasteiger partial charge in [0.15, 0.2) is 0 Å². The average molecular weight is 195 g/mol. The molecule has 1 rings (SSSR count). The smallest absolute Gasteiger partial charge is 0.130 e. The Morgan fingerprint density at radius 1 is 1.29 bits per heavy atom. The number of rotatable bonds is 3. The Morgan fingerprint density at radius 3 is 2.14 bits per heavy atom. The summed E-state index contributed by atoms with van der Waals surface area (Å²) in [4.78, 5) is 0. The van der Waals surface area contributed by atoms with Gasteiger partial charge in [0.05, 0.1) is 7.11 Å². The lowest BCUT2D eigenvalue weighted by atomic mass is 10.0. The van der Waals surface area contributed by atoms with Gasteiger partial charge in [0.2, 0.25) is 0 Å². The zero-order valence-corrected chi connectivity index (χ0v) is 9.09. The molecule has 1 aromatic carbocycles. The molecule has 78 valence electrons. The number of aliphatic hydroxyl groups excluding tert-OH is 1. The van der Waals surface area contributed by atoms with Gasteiger partial charge in [0.1, 0.15) is 12.0 Å². The minimum Gasteiger partial charge on any atom is -0.496 e. The molecule has 3 heteroatoms. The van der Waals surface area contributed by atoms with Crippen LogP contribution in [0.4, 0.5) is 0 Å². The second-order valence-electron chi connectivity index (χ2n) is 3.38. The van der Waals surface area contributed by atoms with Crippen LogP contribution >= 0.6 is 0 Å². The molecule has 1 aromatic rings. The summed E-state index contributed by atoms with van der Waals surface area (Å²) in [6.07, 6.45) is -0.613. The standard InChI is InChI=1S/C11H17NO2/c1-7-5-9(11(13)12-3)6-8(2)10(7)14-4/h5-6,11-13H,1-4H3. The minimum absolute atomic E-state index is 0.613. The van der Waals surface area contributed by atoms with Gasteiger partial charge in [-0.3, -0.25) is 5.32 Å². The lowest BCUT2D eigenvalue weighted by molar-refractivity contribution is 0.149. The molecule has 0 amide bonds. The highest BCUT2D eigenvalue weighted by Gasteiger charge is 2.09. The number of benzene rings is 1. The van der Waals surface area contributed by atoms with Crippen LogP contribution in [-0.4, -0.2) is 19.3 Å². The van der Waals surface area contributed by atoms with Crippen LogP contribution < -0.4 is 10.1 Å². The Bertz CT molecular complexity index is 300. The Hall–Kier alpha value is -1.06. The molecule has 0 radical (unpaired) electrons. The maximum atomic E-state index is 9.59. The second kappa shape index (κ2) is 4.44. The summed E-state index contributed by atoms with van der Waals surface area (Å²) >= 11 is 0. The highest BCUT2D eigenvalue weighted by Crippen LogP contribution is 2.26. The number of aliphatic hydroxyl groups is 1. The zero-order chi connectivity index (χ0) is 10.7. The topological polar surface area (TPSA) is 41.5 Å². The van der Waals surface area contributed by atoms with E-state index in [0.717, 1.165) is 22.4 Å². The van der Waals surface area contributed by atoms with Crippen LogP contribution in [0.15, 0.2) is 12.1 Å². The Kier molecular flexibility index (Phi) is 3.49. The number of nitrogens with one attached hydrogen (secondary N) is 1. The van der Waals surface area contributed by atoms with E-state index in [9.17, 15) is 5.11 Å². The molecular weight excluding hydrogens is 178 g/mol. The fraction of sp³-hybridized carbons (Fsp3) is 0.455. The molecule has 0 aliphatic heterocycles. The molecule has 3 nitrogen and oxygen atoms in total. The Morgan fingerprint density at radius 2 is 1.79 bits per heavy atom. The summed E-state index contributed by atoms with van der Waals surface area (Å²) in [5.41, 5.74) is 2.94. The first-order chi connectivity index (χ1) is 6.60. The molecule has 0 saturated carbocycles. The van der Waals surface area contributed by atoms with Crippen molar-refractivity contribution in [1.29, 1.82) is 0 Å². The van der Waals surface area contributed by atoms with Gasteiger partial charge in [0.25, 0.3) is 0 Å². The summed E-state index contributed by atoms with van der Waals surface area (Å²) in [7, 11) is 3.38. The fourth-order valence-corrected chi connectivity index (χ4v) is 1.63. The number of methoxy groups -OCH3 is 1. The first kappa shape index (κ1) is 11.0. The van der Waals surface area contributed by atoms with E-state index in [0.29, 0.717) is 0 Å². The first-order valence-electron chi connectivity index (χ1n) is 4.60. The van der Waals surface area contributed by atoms with Crippen molar-refractivity contribution in [3.8, 4) is 5.75 Å².